The summed E-state index contributed by atoms with van der Waals surface area (Å²) in [5.41, 5.74) is 5.37. The molecule has 0 bridgehead atoms. The Morgan fingerprint density at radius 3 is 2.30 bits per heavy atom. The molecule has 9 heteroatoms. The van der Waals surface area contributed by atoms with Crippen molar-refractivity contribution in [2.45, 2.75) is 31.2 Å². The molecule has 1 aromatic carbocycles. The largest absolute Gasteiger partial charge is 0.355 e. The molecule has 0 saturated carbocycles. The normalized spacial score (nSPS) is 12.6. The molecule has 0 heterocycles. The van der Waals surface area contributed by atoms with Crippen LogP contribution < -0.4 is 15.8 Å². The van der Waals surface area contributed by atoms with Crippen LogP contribution in [-0.2, 0) is 14.8 Å². The SMILES string of the molecule is CC(C)C(NS(=O)(=O)c1ccc(Br)cc1)C(=O)NCCCN.Cl. The number of amides is 1. The summed E-state index contributed by atoms with van der Waals surface area (Å²) in [5, 5.41) is 2.69. The Morgan fingerprint density at radius 1 is 1.26 bits per heavy atom. The van der Waals surface area contributed by atoms with Crippen LogP contribution in [-0.4, -0.2) is 33.5 Å². The number of benzene rings is 1. The fourth-order valence-corrected chi connectivity index (χ4v) is 3.37. The maximum atomic E-state index is 12.4. The Kier molecular flexibility index (Phi) is 9.95. The third-order valence-electron chi connectivity index (χ3n) is 3.04. The van der Waals surface area contributed by atoms with Crippen LogP contribution in [0.25, 0.3) is 0 Å². The van der Waals surface area contributed by atoms with E-state index in [1.54, 1.807) is 26.0 Å². The third-order valence-corrected chi connectivity index (χ3v) is 5.02. The summed E-state index contributed by atoms with van der Waals surface area (Å²) in [6, 6.07) is 5.42. The maximum absolute atomic E-state index is 12.4. The second kappa shape index (κ2) is 10.2. The number of nitrogens with one attached hydrogen (secondary N) is 2. The van der Waals surface area contributed by atoms with Crippen LogP contribution in [0.3, 0.4) is 0 Å². The molecule has 1 aromatic rings. The van der Waals surface area contributed by atoms with Crippen LogP contribution in [0.15, 0.2) is 33.6 Å². The molecule has 4 N–H and O–H groups in total. The van der Waals surface area contributed by atoms with Crippen LogP contribution >= 0.6 is 28.3 Å². The first kappa shape index (κ1) is 22.3. The summed E-state index contributed by atoms with van der Waals surface area (Å²) in [6.07, 6.45) is 0.649. The zero-order valence-corrected chi connectivity index (χ0v) is 16.3. The highest BCUT2D eigenvalue weighted by molar-refractivity contribution is 9.10. The number of rotatable bonds is 8. The first-order valence-corrected chi connectivity index (χ1v) is 9.31. The summed E-state index contributed by atoms with van der Waals surface area (Å²) in [6.45, 7) is 4.48. The van der Waals surface area contributed by atoms with Gasteiger partial charge in [0.2, 0.25) is 15.9 Å². The number of nitrogens with two attached hydrogens (primary N) is 1. The molecule has 0 spiro atoms. The van der Waals surface area contributed by atoms with Crippen molar-refractivity contribution in [1.82, 2.24) is 10.0 Å². The zero-order valence-electron chi connectivity index (χ0n) is 13.1. The lowest BCUT2D eigenvalue weighted by molar-refractivity contribution is -0.123. The van der Waals surface area contributed by atoms with Crippen LogP contribution in [0, 0.1) is 5.92 Å². The Hall–Kier alpha value is -0.670. The molecule has 6 nitrogen and oxygen atoms in total. The fourth-order valence-electron chi connectivity index (χ4n) is 1.76. The molecule has 1 amide bonds. The smallest absolute Gasteiger partial charge is 0.241 e. The lowest BCUT2D eigenvalue weighted by Gasteiger charge is -2.21. The summed E-state index contributed by atoms with van der Waals surface area (Å²) in [7, 11) is -3.75. The van der Waals surface area contributed by atoms with Crippen LogP contribution in [0.5, 0.6) is 0 Å². The second-order valence-corrected chi connectivity index (χ2v) is 7.86. The summed E-state index contributed by atoms with van der Waals surface area (Å²) < 4.78 is 28.0. The van der Waals surface area contributed by atoms with Gasteiger partial charge in [-0.1, -0.05) is 29.8 Å². The van der Waals surface area contributed by atoms with Gasteiger partial charge in [0.15, 0.2) is 0 Å². The van der Waals surface area contributed by atoms with Gasteiger partial charge in [0.25, 0.3) is 0 Å². The fraction of sp³-hybridized carbons (Fsp3) is 0.500. The molecule has 1 unspecified atom stereocenters. The van der Waals surface area contributed by atoms with E-state index < -0.39 is 16.1 Å². The highest BCUT2D eigenvalue weighted by atomic mass is 79.9. The third kappa shape index (κ3) is 7.17. The number of carbonyl (C=O) groups is 1. The van der Waals surface area contributed by atoms with Gasteiger partial charge in [-0.3, -0.25) is 4.79 Å². The molecule has 0 saturated heterocycles. The van der Waals surface area contributed by atoms with E-state index in [2.05, 4.69) is 26.0 Å². The summed E-state index contributed by atoms with van der Waals surface area (Å²) in [4.78, 5) is 12.3. The van der Waals surface area contributed by atoms with Crippen molar-refractivity contribution < 1.29 is 13.2 Å². The number of hydrogen-bond acceptors (Lipinski definition) is 4. The van der Waals surface area contributed by atoms with Crippen molar-refractivity contribution in [2.24, 2.45) is 11.7 Å². The molecule has 1 rings (SSSR count). The van der Waals surface area contributed by atoms with Gasteiger partial charge >= 0.3 is 0 Å². The maximum Gasteiger partial charge on any atom is 0.241 e. The first-order chi connectivity index (χ1) is 10.3. The molecule has 0 aliphatic heterocycles. The van der Waals surface area contributed by atoms with Crippen molar-refractivity contribution in [3.05, 3.63) is 28.7 Å². The molecule has 0 fully saturated rings. The van der Waals surface area contributed by atoms with Gasteiger partial charge in [0, 0.05) is 11.0 Å². The van der Waals surface area contributed by atoms with E-state index in [0.717, 1.165) is 4.47 Å². The van der Waals surface area contributed by atoms with Gasteiger partial charge in [-0.2, -0.15) is 4.72 Å². The molecule has 0 radical (unpaired) electrons. The minimum Gasteiger partial charge on any atom is -0.355 e. The van der Waals surface area contributed by atoms with Crippen LogP contribution in [0.2, 0.25) is 0 Å². The molecular formula is C14H23BrClN3O3S. The zero-order chi connectivity index (χ0) is 16.8. The first-order valence-electron chi connectivity index (χ1n) is 7.03. The quantitative estimate of drug-likeness (QED) is 0.548. The van der Waals surface area contributed by atoms with E-state index in [0.29, 0.717) is 19.5 Å². The molecule has 0 aliphatic rings. The molecule has 0 aromatic heterocycles. The minimum absolute atomic E-state index is 0. The summed E-state index contributed by atoms with van der Waals surface area (Å²) >= 11 is 3.26. The molecule has 0 aliphatic carbocycles. The van der Waals surface area contributed by atoms with Crippen molar-refractivity contribution in [1.29, 1.82) is 0 Å². The highest BCUT2D eigenvalue weighted by Crippen LogP contribution is 2.16. The summed E-state index contributed by atoms with van der Waals surface area (Å²) in [5.74, 6) is -0.521. The van der Waals surface area contributed by atoms with E-state index in [4.69, 9.17) is 5.73 Å². The monoisotopic (exact) mass is 427 g/mol. The minimum atomic E-state index is -3.75. The lowest BCUT2D eigenvalue weighted by Crippen LogP contribution is -2.49. The molecule has 1 atom stereocenters. The van der Waals surface area contributed by atoms with Crippen molar-refractivity contribution in [3.63, 3.8) is 0 Å². The van der Waals surface area contributed by atoms with Gasteiger partial charge in [-0.15, -0.1) is 12.4 Å². The van der Waals surface area contributed by atoms with E-state index in [-0.39, 0.29) is 29.1 Å². The Labute approximate surface area is 152 Å². The average Bonchev–Trinajstić information content (AvgIpc) is 2.45. The van der Waals surface area contributed by atoms with E-state index in [9.17, 15) is 13.2 Å². The van der Waals surface area contributed by atoms with Crippen molar-refractivity contribution >= 4 is 44.3 Å². The van der Waals surface area contributed by atoms with E-state index in [1.807, 2.05) is 0 Å². The van der Waals surface area contributed by atoms with Gasteiger partial charge in [-0.05, 0) is 43.1 Å². The Bertz CT molecular complexity index is 594. The van der Waals surface area contributed by atoms with Gasteiger partial charge in [-0.25, -0.2) is 8.42 Å². The highest BCUT2D eigenvalue weighted by Gasteiger charge is 2.28. The number of sulfonamides is 1. The van der Waals surface area contributed by atoms with Crippen molar-refractivity contribution in [2.75, 3.05) is 13.1 Å². The average molecular weight is 429 g/mol. The van der Waals surface area contributed by atoms with Gasteiger partial charge in [0.1, 0.15) is 6.04 Å². The standard InChI is InChI=1S/C14H22BrN3O3S.ClH/c1-10(2)13(14(19)17-9-3-8-16)18-22(20,21)12-6-4-11(15)5-7-12;/h4-7,10,13,18H,3,8-9,16H2,1-2H3,(H,17,19);1H. The van der Waals surface area contributed by atoms with Crippen molar-refractivity contribution in [3.8, 4) is 0 Å². The lowest BCUT2D eigenvalue weighted by atomic mass is 10.1. The molecule has 132 valence electrons. The van der Waals surface area contributed by atoms with Crippen LogP contribution in [0.4, 0.5) is 0 Å². The van der Waals surface area contributed by atoms with Gasteiger partial charge < -0.3 is 11.1 Å². The molecular weight excluding hydrogens is 406 g/mol. The second-order valence-electron chi connectivity index (χ2n) is 5.23. The number of carbonyl (C=O) groups excluding carboxylic acids is 1. The van der Waals surface area contributed by atoms with E-state index >= 15 is 0 Å². The number of hydrogen-bond donors (Lipinski definition) is 3. The predicted molar refractivity (Wildman–Crippen MR) is 97.0 cm³/mol. The topological polar surface area (TPSA) is 101 Å². The van der Waals surface area contributed by atoms with Gasteiger partial charge in [0.05, 0.1) is 4.90 Å². The predicted octanol–water partition coefficient (Wildman–Crippen LogP) is 1.64. The Morgan fingerprint density at radius 2 is 1.83 bits per heavy atom. The van der Waals surface area contributed by atoms with Crippen LogP contribution in [0.1, 0.15) is 20.3 Å². The molecule has 23 heavy (non-hydrogen) atoms. The number of halogens is 2. The Balaban J connectivity index is 0.00000484. The van der Waals surface area contributed by atoms with E-state index in [1.165, 1.54) is 12.1 Å².